The lowest BCUT2D eigenvalue weighted by Crippen LogP contribution is -2.35. The largest absolute Gasteiger partial charge is 0.481 e. The summed E-state index contributed by atoms with van der Waals surface area (Å²) in [6.45, 7) is 3.88. The lowest BCUT2D eigenvalue weighted by atomic mass is 10.3. The Hall–Kier alpha value is -1.85. The molecule has 0 saturated heterocycles. The lowest BCUT2D eigenvalue weighted by Gasteiger charge is -2.04. The van der Waals surface area contributed by atoms with E-state index in [4.69, 9.17) is 5.11 Å². The third kappa shape index (κ3) is 3.38. The molecule has 2 atom stereocenters. The van der Waals surface area contributed by atoms with Crippen LogP contribution in [0.25, 0.3) is 0 Å². The van der Waals surface area contributed by atoms with Crippen molar-refractivity contribution < 1.29 is 19.5 Å². The molecule has 0 unspecified atom stereocenters. The molecule has 6 nitrogen and oxygen atoms in total. The Morgan fingerprint density at radius 1 is 1.25 bits per heavy atom. The summed E-state index contributed by atoms with van der Waals surface area (Å²) < 4.78 is 0. The topological polar surface area (TPSA) is 95.5 Å². The molecule has 0 radical (unpaired) electrons. The molecule has 0 bridgehead atoms. The number of nitrogens with one attached hydrogen (secondary N) is 2. The molecule has 6 heteroatoms. The van der Waals surface area contributed by atoms with E-state index in [1.165, 1.54) is 0 Å². The van der Waals surface area contributed by atoms with Crippen molar-refractivity contribution >= 4 is 17.8 Å². The van der Waals surface area contributed by atoms with E-state index in [2.05, 4.69) is 17.2 Å². The summed E-state index contributed by atoms with van der Waals surface area (Å²) in [6.07, 6.45) is 1.54. The molecule has 1 rings (SSSR count). The van der Waals surface area contributed by atoms with Gasteiger partial charge in [-0.15, -0.1) is 0 Å². The third-order valence-corrected chi connectivity index (χ3v) is 2.35. The number of hydrogen-bond donors (Lipinski definition) is 3. The molecule has 0 aromatic carbocycles. The van der Waals surface area contributed by atoms with Crippen LogP contribution in [0.3, 0.4) is 0 Å². The van der Waals surface area contributed by atoms with Gasteiger partial charge in [0.15, 0.2) is 0 Å². The molecule has 88 valence electrons. The molecule has 0 aliphatic heterocycles. The summed E-state index contributed by atoms with van der Waals surface area (Å²) >= 11 is 0. The van der Waals surface area contributed by atoms with E-state index in [1.54, 1.807) is 0 Å². The Morgan fingerprint density at radius 3 is 2.38 bits per heavy atom. The van der Waals surface area contributed by atoms with Crippen LogP contribution >= 0.6 is 0 Å². The van der Waals surface area contributed by atoms with Crippen LogP contribution in [0.15, 0.2) is 12.7 Å². The number of carbonyl (C=O) groups is 3. The average molecular weight is 226 g/mol. The van der Waals surface area contributed by atoms with Gasteiger partial charge in [-0.3, -0.25) is 14.4 Å². The molecule has 1 saturated carbocycles. The quantitative estimate of drug-likeness (QED) is 0.405. The summed E-state index contributed by atoms with van der Waals surface area (Å²) in [5.41, 5.74) is 0. The first-order chi connectivity index (χ1) is 7.56. The Morgan fingerprint density at radius 2 is 1.88 bits per heavy atom. The maximum Gasteiger partial charge on any atom is 0.307 e. The second-order valence-corrected chi connectivity index (χ2v) is 3.57. The second-order valence-electron chi connectivity index (χ2n) is 3.57. The van der Waals surface area contributed by atoms with E-state index in [-0.39, 0.29) is 11.8 Å². The first-order valence-corrected chi connectivity index (χ1v) is 4.97. The van der Waals surface area contributed by atoms with Gasteiger partial charge in [0.1, 0.15) is 0 Å². The Balaban J connectivity index is 2.10. The minimum atomic E-state index is -0.930. The van der Waals surface area contributed by atoms with Crippen molar-refractivity contribution in [3.63, 3.8) is 0 Å². The fourth-order valence-electron chi connectivity index (χ4n) is 1.33. The van der Waals surface area contributed by atoms with Crippen LogP contribution in [0.5, 0.6) is 0 Å². The van der Waals surface area contributed by atoms with Gasteiger partial charge in [-0.05, 0) is 12.5 Å². The Kier molecular flexibility index (Phi) is 4.04. The number of carboxylic acid groups (broad SMARTS) is 1. The van der Waals surface area contributed by atoms with E-state index in [1.807, 2.05) is 0 Å². The van der Waals surface area contributed by atoms with Gasteiger partial charge in [0.05, 0.1) is 11.8 Å². The molecule has 1 fully saturated rings. The number of carbonyl (C=O) groups excluding carboxylic acids is 2. The zero-order chi connectivity index (χ0) is 12.1. The predicted octanol–water partition coefficient (Wildman–Crippen LogP) is -0.874. The molecule has 0 aromatic rings. The monoisotopic (exact) mass is 226 g/mol. The first-order valence-electron chi connectivity index (χ1n) is 4.97. The maximum absolute atomic E-state index is 11.3. The number of aliphatic carboxylic acids is 1. The summed E-state index contributed by atoms with van der Waals surface area (Å²) in [6, 6.07) is 0. The van der Waals surface area contributed by atoms with E-state index in [0.717, 1.165) is 6.08 Å². The van der Waals surface area contributed by atoms with Gasteiger partial charge in [-0.2, -0.15) is 0 Å². The summed E-state index contributed by atoms with van der Waals surface area (Å²) in [4.78, 5) is 32.5. The van der Waals surface area contributed by atoms with Gasteiger partial charge in [0.25, 0.3) is 0 Å². The highest BCUT2D eigenvalue weighted by Gasteiger charge is 2.48. The molecular weight excluding hydrogens is 212 g/mol. The van der Waals surface area contributed by atoms with E-state index < -0.39 is 17.8 Å². The smallest absolute Gasteiger partial charge is 0.307 e. The van der Waals surface area contributed by atoms with Crippen LogP contribution in [-0.2, 0) is 14.4 Å². The van der Waals surface area contributed by atoms with Crippen LogP contribution in [0, 0.1) is 11.8 Å². The minimum Gasteiger partial charge on any atom is -0.481 e. The van der Waals surface area contributed by atoms with Gasteiger partial charge in [0, 0.05) is 13.1 Å². The molecule has 1 aliphatic rings. The van der Waals surface area contributed by atoms with E-state index in [0.29, 0.717) is 19.5 Å². The Labute approximate surface area is 92.7 Å². The molecule has 3 N–H and O–H groups in total. The number of carboxylic acids is 1. The highest BCUT2D eigenvalue weighted by molar-refractivity contribution is 5.89. The second kappa shape index (κ2) is 5.29. The molecule has 2 amide bonds. The van der Waals surface area contributed by atoms with Crippen molar-refractivity contribution in [3.05, 3.63) is 12.7 Å². The molecule has 0 heterocycles. The molecular formula is C10H14N2O4. The van der Waals surface area contributed by atoms with Gasteiger partial charge >= 0.3 is 5.97 Å². The van der Waals surface area contributed by atoms with Crippen molar-refractivity contribution in [1.82, 2.24) is 10.6 Å². The van der Waals surface area contributed by atoms with Gasteiger partial charge < -0.3 is 15.7 Å². The fraction of sp³-hybridized carbons (Fsp3) is 0.500. The number of hydrogen-bond acceptors (Lipinski definition) is 3. The van der Waals surface area contributed by atoms with Crippen LogP contribution in [0.4, 0.5) is 0 Å². The third-order valence-electron chi connectivity index (χ3n) is 2.35. The van der Waals surface area contributed by atoms with Crippen molar-refractivity contribution in [2.75, 3.05) is 13.1 Å². The minimum absolute atomic E-state index is 0.264. The highest BCUT2D eigenvalue weighted by atomic mass is 16.4. The van der Waals surface area contributed by atoms with E-state index >= 15 is 0 Å². The van der Waals surface area contributed by atoms with E-state index in [9.17, 15) is 14.4 Å². The maximum atomic E-state index is 11.3. The summed E-state index contributed by atoms with van der Waals surface area (Å²) in [7, 11) is 0. The average Bonchev–Trinajstić information content (AvgIpc) is 3.03. The lowest BCUT2D eigenvalue weighted by molar-refractivity contribution is -0.140. The molecule has 1 aliphatic carbocycles. The fourth-order valence-corrected chi connectivity index (χ4v) is 1.33. The number of rotatable bonds is 6. The summed E-state index contributed by atoms with van der Waals surface area (Å²) in [5.74, 6) is -2.44. The molecule has 0 aromatic heterocycles. The standard InChI is InChI=1S/C10H14N2O4/c1-2-8(13)11-3-4-12-9(14)6-5-7(6)10(15)16/h2,6-7H,1,3-5H2,(H,11,13)(H,12,14)(H,15,16)/t6-,7-/m1/s1. The van der Waals surface area contributed by atoms with Crippen molar-refractivity contribution in [2.24, 2.45) is 11.8 Å². The Bertz CT molecular complexity index is 327. The van der Waals surface area contributed by atoms with Crippen LogP contribution < -0.4 is 10.6 Å². The van der Waals surface area contributed by atoms with Crippen LogP contribution in [-0.4, -0.2) is 36.0 Å². The highest BCUT2D eigenvalue weighted by Crippen LogP contribution is 2.38. The number of amides is 2. The zero-order valence-electron chi connectivity index (χ0n) is 8.73. The van der Waals surface area contributed by atoms with Crippen LogP contribution in [0.2, 0.25) is 0 Å². The summed E-state index contributed by atoms with van der Waals surface area (Å²) in [5, 5.41) is 13.7. The van der Waals surface area contributed by atoms with Gasteiger partial charge in [-0.25, -0.2) is 0 Å². The molecule has 0 spiro atoms. The van der Waals surface area contributed by atoms with Crippen molar-refractivity contribution in [2.45, 2.75) is 6.42 Å². The normalized spacial score (nSPS) is 22.0. The van der Waals surface area contributed by atoms with Crippen molar-refractivity contribution in [3.8, 4) is 0 Å². The SMILES string of the molecule is C=CC(=O)NCCNC(=O)[C@@H]1C[C@H]1C(=O)O. The van der Waals surface area contributed by atoms with Gasteiger partial charge in [0.2, 0.25) is 11.8 Å². The first kappa shape index (κ1) is 12.2. The van der Waals surface area contributed by atoms with Crippen LogP contribution in [0.1, 0.15) is 6.42 Å². The zero-order valence-corrected chi connectivity index (χ0v) is 8.73. The van der Waals surface area contributed by atoms with Gasteiger partial charge in [-0.1, -0.05) is 6.58 Å². The predicted molar refractivity (Wildman–Crippen MR) is 55.4 cm³/mol. The van der Waals surface area contributed by atoms with Crippen molar-refractivity contribution in [1.29, 1.82) is 0 Å². The molecule has 16 heavy (non-hydrogen) atoms.